The Morgan fingerprint density at radius 3 is 2.65 bits per heavy atom. The molecule has 0 aliphatic heterocycles. The molecule has 1 aromatic heterocycles. The molecule has 26 heavy (non-hydrogen) atoms. The van der Waals surface area contributed by atoms with Crippen LogP contribution in [0.4, 0.5) is 0 Å². The summed E-state index contributed by atoms with van der Waals surface area (Å²) in [5, 5.41) is 15.0. The minimum atomic E-state index is -0.326. The summed E-state index contributed by atoms with van der Waals surface area (Å²) in [4.78, 5) is 17.3. The molecular weight excluding hydrogens is 370 g/mol. The SMILES string of the molecule is Cc1ccc(/C=N/NC(=O)c2sc(-c3ccc(Cl)cc3)nc2C)cc1O. The largest absolute Gasteiger partial charge is 0.508 e. The first-order valence-electron chi connectivity index (χ1n) is 7.80. The number of carbonyl (C=O) groups excluding carboxylic acids is 1. The number of hydrogen-bond donors (Lipinski definition) is 2. The third kappa shape index (κ3) is 4.09. The molecule has 3 aromatic rings. The monoisotopic (exact) mass is 385 g/mol. The number of nitrogens with zero attached hydrogens (tertiary/aromatic N) is 2. The zero-order chi connectivity index (χ0) is 18.7. The Morgan fingerprint density at radius 1 is 1.23 bits per heavy atom. The predicted octanol–water partition coefficient (Wildman–Crippen LogP) is 4.55. The highest BCUT2D eigenvalue weighted by Gasteiger charge is 2.15. The van der Waals surface area contributed by atoms with Crippen LogP contribution < -0.4 is 5.43 Å². The smallest absolute Gasteiger partial charge is 0.283 e. The molecule has 0 atom stereocenters. The number of aryl methyl sites for hydroxylation is 2. The summed E-state index contributed by atoms with van der Waals surface area (Å²) in [7, 11) is 0. The normalized spacial score (nSPS) is 11.0. The van der Waals surface area contributed by atoms with E-state index in [2.05, 4.69) is 15.5 Å². The van der Waals surface area contributed by atoms with Crippen LogP contribution in [0.2, 0.25) is 5.02 Å². The first kappa shape index (κ1) is 18.1. The molecule has 2 aromatic carbocycles. The van der Waals surface area contributed by atoms with Crippen molar-refractivity contribution < 1.29 is 9.90 Å². The average Bonchev–Trinajstić information content (AvgIpc) is 3.00. The molecule has 0 radical (unpaired) electrons. The van der Waals surface area contributed by atoms with Crippen LogP contribution in [0.5, 0.6) is 5.75 Å². The van der Waals surface area contributed by atoms with Crippen molar-refractivity contribution in [2.75, 3.05) is 0 Å². The van der Waals surface area contributed by atoms with Crippen molar-refractivity contribution in [3.63, 3.8) is 0 Å². The fraction of sp³-hybridized carbons (Fsp3) is 0.105. The number of rotatable bonds is 4. The van der Waals surface area contributed by atoms with Gasteiger partial charge in [0.25, 0.3) is 5.91 Å². The summed E-state index contributed by atoms with van der Waals surface area (Å²) in [5.74, 6) is -0.140. The van der Waals surface area contributed by atoms with Gasteiger partial charge in [-0.3, -0.25) is 4.79 Å². The zero-order valence-electron chi connectivity index (χ0n) is 14.2. The molecule has 7 heteroatoms. The first-order valence-corrected chi connectivity index (χ1v) is 9.00. The summed E-state index contributed by atoms with van der Waals surface area (Å²) in [5.41, 5.74) is 5.51. The van der Waals surface area contributed by atoms with Gasteiger partial charge >= 0.3 is 0 Å². The minimum absolute atomic E-state index is 0.186. The Bertz CT molecular complexity index is 981. The highest BCUT2D eigenvalue weighted by atomic mass is 35.5. The number of thiazole rings is 1. The van der Waals surface area contributed by atoms with Crippen LogP contribution >= 0.6 is 22.9 Å². The number of carbonyl (C=O) groups is 1. The number of phenolic OH excluding ortho intramolecular Hbond substituents is 1. The summed E-state index contributed by atoms with van der Waals surface area (Å²) >= 11 is 7.20. The second kappa shape index (κ2) is 7.68. The number of aromatic nitrogens is 1. The van der Waals surface area contributed by atoms with Crippen molar-refractivity contribution in [1.29, 1.82) is 0 Å². The second-order valence-corrected chi connectivity index (χ2v) is 7.12. The summed E-state index contributed by atoms with van der Waals surface area (Å²) < 4.78 is 0. The van der Waals surface area contributed by atoms with Crippen LogP contribution in [0, 0.1) is 13.8 Å². The molecular formula is C19H16ClN3O2S. The maximum absolute atomic E-state index is 12.4. The Morgan fingerprint density at radius 2 is 1.96 bits per heavy atom. The van der Waals surface area contributed by atoms with Crippen LogP contribution in [0.25, 0.3) is 10.6 Å². The summed E-state index contributed by atoms with van der Waals surface area (Å²) in [6.07, 6.45) is 1.48. The van der Waals surface area contributed by atoms with Crippen molar-refractivity contribution in [2.24, 2.45) is 5.10 Å². The van der Waals surface area contributed by atoms with Crippen LogP contribution in [0.3, 0.4) is 0 Å². The van der Waals surface area contributed by atoms with Gasteiger partial charge in [-0.1, -0.05) is 35.9 Å². The molecule has 0 fully saturated rings. The van der Waals surface area contributed by atoms with Gasteiger partial charge in [0.15, 0.2) is 0 Å². The van der Waals surface area contributed by atoms with E-state index in [1.54, 1.807) is 37.3 Å². The fourth-order valence-corrected chi connectivity index (χ4v) is 3.33. The molecule has 0 saturated heterocycles. The standard InChI is InChI=1S/C19H16ClN3O2S/c1-11-3-4-13(9-16(11)24)10-21-23-18(25)17-12(2)22-19(26-17)14-5-7-15(20)8-6-14/h3-10,24H,1-2H3,(H,23,25)/b21-10+. The van der Waals surface area contributed by atoms with E-state index >= 15 is 0 Å². The molecule has 5 nitrogen and oxygen atoms in total. The van der Waals surface area contributed by atoms with Gasteiger partial charge in [0, 0.05) is 10.6 Å². The summed E-state index contributed by atoms with van der Waals surface area (Å²) in [6.45, 7) is 3.59. The third-order valence-electron chi connectivity index (χ3n) is 3.71. The number of amides is 1. The Kier molecular flexibility index (Phi) is 5.35. The van der Waals surface area contributed by atoms with Gasteiger partial charge in [0.2, 0.25) is 0 Å². The van der Waals surface area contributed by atoms with Crippen molar-refractivity contribution in [1.82, 2.24) is 10.4 Å². The van der Waals surface area contributed by atoms with Gasteiger partial charge in [0.1, 0.15) is 15.6 Å². The van der Waals surface area contributed by atoms with Crippen molar-refractivity contribution in [3.8, 4) is 16.3 Å². The molecule has 0 aliphatic rings. The van der Waals surface area contributed by atoms with E-state index in [-0.39, 0.29) is 11.7 Å². The predicted molar refractivity (Wildman–Crippen MR) is 105 cm³/mol. The molecule has 2 N–H and O–H groups in total. The van der Waals surface area contributed by atoms with E-state index in [9.17, 15) is 9.90 Å². The van der Waals surface area contributed by atoms with Crippen molar-refractivity contribution >= 4 is 35.1 Å². The zero-order valence-corrected chi connectivity index (χ0v) is 15.7. The van der Waals surface area contributed by atoms with Crippen LogP contribution in [-0.4, -0.2) is 22.2 Å². The number of hydrogen-bond acceptors (Lipinski definition) is 5. The fourth-order valence-electron chi connectivity index (χ4n) is 2.25. The van der Waals surface area contributed by atoms with Gasteiger partial charge in [-0.05, 0) is 43.2 Å². The van der Waals surface area contributed by atoms with Gasteiger partial charge < -0.3 is 5.11 Å². The molecule has 0 aliphatic carbocycles. The topological polar surface area (TPSA) is 74.6 Å². The van der Waals surface area contributed by atoms with Crippen molar-refractivity contribution in [3.05, 3.63) is 69.2 Å². The lowest BCUT2D eigenvalue weighted by atomic mass is 10.1. The molecule has 0 saturated carbocycles. The van der Waals surface area contributed by atoms with E-state index < -0.39 is 0 Å². The lowest BCUT2D eigenvalue weighted by Crippen LogP contribution is -2.17. The highest BCUT2D eigenvalue weighted by molar-refractivity contribution is 7.17. The van der Waals surface area contributed by atoms with E-state index in [0.29, 0.717) is 21.2 Å². The average molecular weight is 386 g/mol. The Labute approximate surface area is 160 Å². The molecule has 1 amide bonds. The van der Waals surface area contributed by atoms with E-state index in [0.717, 1.165) is 16.1 Å². The number of aromatic hydroxyl groups is 1. The van der Waals surface area contributed by atoms with Gasteiger partial charge in [-0.15, -0.1) is 11.3 Å². The van der Waals surface area contributed by atoms with Crippen LogP contribution in [0.1, 0.15) is 26.5 Å². The summed E-state index contributed by atoms with van der Waals surface area (Å²) in [6, 6.07) is 12.5. The molecule has 0 unspecified atom stereocenters. The molecule has 0 spiro atoms. The van der Waals surface area contributed by atoms with Crippen LogP contribution in [0.15, 0.2) is 47.6 Å². The van der Waals surface area contributed by atoms with Gasteiger partial charge in [-0.25, -0.2) is 10.4 Å². The van der Waals surface area contributed by atoms with E-state index in [1.807, 2.05) is 19.1 Å². The van der Waals surface area contributed by atoms with Crippen LogP contribution in [-0.2, 0) is 0 Å². The third-order valence-corrected chi connectivity index (χ3v) is 5.16. The maximum Gasteiger partial charge on any atom is 0.283 e. The number of hydrazone groups is 1. The number of benzene rings is 2. The molecule has 3 rings (SSSR count). The van der Waals surface area contributed by atoms with E-state index in [1.165, 1.54) is 17.6 Å². The van der Waals surface area contributed by atoms with Crippen molar-refractivity contribution in [2.45, 2.75) is 13.8 Å². The quantitative estimate of drug-likeness (QED) is 0.511. The van der Waals surface area contributed by atoms with E-state index in [4.69, 9.17) is 11.6 Å². The first-order chi connectivity index (χ1) is 12.4. The number of halogens is 1. The number of nitrogens with one attached hydrogen (secondary N) is 1. The molecule has 132 valence electrons. The number of phenols is 1. The lowest BCUT2D eigenvalue weighted by molar-refractivity contribution is 0.0958. The van der Waals surface area contributed by atoms with Gasteiger partial charge in [-0.2, -0.15) is 5.10 Å². The second-order valence-electron chi connectivity index (χ2n) is 5.69. The Hall–Kier alpha value is -2.70. The minimum Gasteiger partial charge on any atom is -0.508 e. The lowest BCUT2D eigenvalue weighted by Gasteiger charge is -2.00. The maximum atomic E-state index is 12.4. The van der Waals surface area contributed by atoms with Gasteiger partial charge in [0.05, 0.1) is 11.9 Å². The highest BCUT2D eigenvalue weighted by Crippen LogP contribution is 2.28. The molecule has 1 heterocycles. The molecule has 0 bridgehead atoms. The Balaban J connectivity index is 1.72.